The van der Waals surface area contributed by atoms with E-state index in [1.807, 2.05) is 18.2 Å². The second-order valence-corrected chi connectivity index (χ2v) is 6.26. The number of aryl methyl sites for hydroxylation is 1. The van der Waals surface area contributed by atoms with Crippen LogP contribution in [0.2, 0.25) is 0 Å². The van der Waals surface area contributed by atoms with E-state index in [-0.39, 0.29) is 24.8 Å². The number of aromatic nitrogens is 1. The van der Waals surface area contributed by atoms with Crippen LogP contribution in [0.4, 0.5) is 0 Å². The van der Waals surface area contributed by atoms with E-state index in [4.69, 9.17) is 4.74 Å². The first-order valence-corrected chi connectivity index (χ1v) is 8.24. The number of thiazole rings is 1. The lowest BCUT2D eigenvalue weighted by molar-refractivity contribution is 0.230. The molecule has 1 saturated heterocycles. The first-order valence-electron chi connectivity index (χ1n) is 7.36. The maximum atomic E-state index is 5.85. The summed E-state index contributed by atoms with van der Waals surface area (Å²) < 4.78 is 5.85. The molecule has 1 aliphatic rings. The van der Waals surface area contributed by atoms with E-state index in [9.17, 15) is 0 Å². The standard InChI is InChI=1S/C16H21N3OS.2ClH/c1-13-4-2-3-5-15(13)20-11-16-18-14(12-21-16)10-19-8-6-17-7-9-19;;/h2-5,12,17H,6-11H2,1H3;2*1H. The van der Waals surface area contributed by atoms with Gasteiger partial charge in [-0.2, -0.15) is 0 Å². The smallest absolute Gasteiger partial charge is 0.140 e. The summed E-state index contributed by atoms with van der Waals surface area (Å²) in [6.45, 7) is 7.92. The van der Waals surface area contributed by atoms with Crippen LogP contribution in [0.5, 0.6) is 5.75 Å². The molecule has 0 saturated carbocycles. The number of rotatable bonds is 5. The first-order chi connectivity index (χ1) is 10.3. The molecular formula is C16H23Cl2N3OS. The molecule has 128 valence electrons. The van der Waals surface area contributed by atoms with Gasteiger partial charge in [0.25, 0.3) is 0 Å². The molecule has 23 heavy (non-hydrogen) atoms. The number of halogens is 2. The van der Waals surface area contributed by atoms with Gasteiger partial charge in [-0.3, -0.25) is 4.90 Å². The van der Waals surface area contributed by atoms with Crippen LogP contribution in [0.3, 0.4) is 0 Å². The third-order valence-electron chi connectivity index (χ3n) is 3.64. The average molecular weight is 376 g/mol. The predicted molar refractivity (Wildman–Crippen MR) is 100 cm³/mol. The predicted octanol–water partition coefficient (Wildman–Crippen LogP) is 3.28. The molecule has 1 aromatic carbocycles. The highest BCUT2D eigenvalue weighted by molar-refractivity contribution is 7.09. The fourth-order valence-electron chi connectivity index (χ4n) is 2.44. The van der Waals surface area contributed by atoms with Gasteiger partial charge in [-0.25, -0.2) is 4.98 Å². The van der Waals surface area contributed by atoms with Crippen LogP contribution >= 0.6 is 36.2 Å². The molecule has 0 atom stereocenters. The molecule has 0 spiro atoms. The maximum absolute atomic E-state index is 5.85. The van der Waals surface area contributed by atoms with Gasteiger partial charge in [-0.05, 0) is 18.6 Å². The Hall–Kier alpha value is -0.850. The van der Waals surface area contributed by atoms with Crippen molar-refractivity contribution in [3.63, 3.8) is 0 Å². The van der Waals surface area contributed by atoms with Crippen LogP contribution in [-0.4, -0.2) is 36.1 Å². The summed E-state index contributed by atoms with van der Waals surface area (Å²) in [6.07, 6.45) is 0. The van der Waals surface area contributed by atoms with E-state index in [0.717, 1.165) is 54.7 Å². The van der Waals surface area contributed by atoms with Crippen molar-refractivity contribution < 1.29 is 4.74 Å². The zero-order chi connectivity index (χ0) is 14.5. The molecule has 4 nitrogen and oxygen atoms in total. The van der Waals surface area contributed by atoms with Crippen molar-refractivity contribution >= 4 is 36.2 Å². The summed E-state index contributed by atoms with van der Waals surface area (Å²) in [5, 5.41) is 6.57. The van der Waals surface area contributed by atoms with Crippen molar-refractivity contribution in [1.82, 2.24) is 15.2 Å². The summed E-state index contributed by atoms with van der Waals surface area (Å²) in [5.74, 6) is 0.941. The number of nitrogens with one attached hydrogen (secondary N) is 1. The third kappa shape index (κ3) is 5.94. The first kappa shape index (κ1) is 20.2. The highest BCUT2D eigenvalue weighted by Crippen LogP contribution is 2.19. The number of nitrogens with zero attached hydrogens (tertiary/aromatic N) is 2. The highest BCUT2D eigenvalue weighted by atomic mass is 35.5. The Labute approximate surface area is 154 Å². The van der Waals surface area contributed by atoms with Gasteiger partial charge in [0.1, 0.15) is 17.4 Å². The van der Waals surface area contributed by atoms with E-state index in [2.05, 4.69) is 33.6 Å². The minimum atomic E-state index is 0. The van der Waals surface area contributed by atoms with Crippen LogP contribution in [0.1, 0.15) is 16.3 Å². The Bertz CT molecular complexity index is 588. The molecule has 0 bridgehead atoms. The summed E-state index contributed by atoms with van der Waals surface area (Å²) in [4.78, 5) is 7.12. The Morgan fingerprint density at radius 2 is 1.96 bits per heavy atom. The van der Waals surface area contributed by atoms with Crippen LogP contribution < -0.4 is 10.1 Å². The molecule has 0 aliphatic carbocycles. The average Bonchev–Trinajstić information content (AvgIpc) is 2.95. The van der Waals surface area contributed by atoms with Crippen LogP contribution in [-0.2, 0) is 13.2 Å². The minimum Gasteiger partial charge on any atom is -0.486 e. The van der Waals surface area contributed by atoms with Gasteiger partial charge in [0.15, 0.2) is 0 Å². The van der Waals surface area contributed by atoms with E-state index >= 15 is 0 Å². The summed E-state index contributed by atoms with van der Waals surface area (Å²) in [7, 11) is 0. The van der Waals surface area contributed by atoms with E-state index < -0.39 is 0 Å². The molecule has 2 heterocycles. The lowest BCUT2D eigenvalue weighted by atomic mass is 10.2. The molecule has 1 N–H and O–H groups in total. The van der Waals surface area contributed by atoms with Gasteiger partial charge < -0.3 is 10.1 Å². The van der Waals surface area contributed by atoms with E-state index in [0.29, 0.717) is 6.61 Å². The van der Waals surface area contributed by atoms with Crippen LogP contribution in [0, 0.1) is 6.92 Å². The van der Waals surface area contributed by atoms with Crippen molar-refractivity contribution in [2.75, 3.05) is 26.2 Å². The molecule has 2 aromatic rings. The number of ether oxygens (including phenoxy) is 1. The van der Waals surface area contributed by atoms with Crippen molar-refractivity contribution in [2.24, 2.45) is 0 Å². The van der Waals surface area contributed by atoms with Crippen molar-refractivity contribution in [2.45, 2.75) is 20.1 Å². The third-order valence-corrected chi connectivity index (χ3v) is 4.51. The number of hydrogen-bond acceptors (Lipinski definition) is 5. The van der Waals surface area contributed by atoms with Gasteiger partial charge in [0.2, 0.25) is 0 Å². The normalized spacial score (nSPS) is 14.7. The molecule has 0 amide bonds. The molecule has 1 aromatic heterocycles. The zero-order valence-electron chi connectivity index (χ0n) is 13.2. The number of benzene rings is 1. The zero-order valence-corrected chi connectivity index (χ0v) is 15.6. The Morgan fingerprint density at radius 3 is 2.70 bits per heavy atom. The maximum Gasteiger partial charge on any atom is 0.140 e. The Morgan fingerprint density at radius 1 is 1.22 bits per heavy atom. The summed E-state index contributed by atoms with van der Waals surface area (Å²) in [5.41, 5.74) is 2.32. The molecule has 3 rings (SSSR count). The fourth-order valence-corrected chi connectivity index (χ4v) is 3.14. The van der Waals surface area contributed by atoms with Crippen molar-refractivity contribution in [3.8, 4) is 5.75 Å². The van der Waals surface area contributed by atoms with E-state index in [1.54, 1.807) is 11.3 Å². The monoisotopic (exact) mass is 375 g/mol. The summed E-state index contributed by atoms with van der Waals surface area (Å²) in [6, 6.07) is 8.09. The molecule has 0 unspecified atom stereocenters. The van der Waals surface area contributed by atoms with Gasteiger partial charge in [-0.1, -0.05) is 18.2 Å². The van der Waals surface area contributed by atoms with Gasteiger partial charge >= 0.3 is 0 Å². The molecule has 1 aliphatic heterocycles. The highest BCUT2D eigenvalue weighted by Gasteiger charge is 2.12. The Kier molecular flexibility index (Phi) is 8.87. The molecule has 0 radical (unpaired) electrons. The van der Waals surface area contributed by atoms with E-state index in [1.165, 1.54) is 0 Å². The molecule has 1 fully saturated rings. The second kappa shape index (κ2) is 10.1. The summed E-state index contributed by atoms with van der Waals surface area (Å²) >= 11 is 1.68. The topological polar surface area (TPSA) is 37.4 Å². The SMILES string of the molecule is Cc1ccccc1OCc1nc(CN2CCNCC2)cs1.Cl.Cl. The lowest BCUT2D eigenvalue weighted by Crippen LogP contribution is -2.42. The van der Waals surface area contributed by atoms with Crippen LogP contribution in [0.15, 0.2) is 29.6 Å². The quantitative estimate of drug-likeness (QED) is 0.869. The molecule has 7 heteroatoms. The number of para-hydroxylation sites is 1. The second-order valence-electron chi connectivity index (χ2n) is 5.31. The fraction of sp³-hybridized carbons (Fsp3) is 0.438. The Balaban J connectivity index is 0.00000132. The van der Waals surface area contributed by atoms with Crippen molar-refractivity contribution in [3.05, 3.63) is 45.9 Å². The van der Waals surface area contributed by atoms with Gasteiger partial charge in [-0.15, -0.1) is 36.2 Å². The minimum absolute atomic E-state index is 0. The van der Waals surface area contributed by atoms with Crippen molar-refractivity contribution in [1.29, 1.82) is 0 Å². The van der Waals surface area contributed by atoms with Crippen LogP contribution in [0.25, 0.3) is 0 Å². The number of hydrogen-bond donors (Lipinski definition) is 1. The lowest BCUT2D eigenvalue weighted by Gasteiger charge is -2.26. The van der Waals surface area contributed by atoms with Gasteiger partial charge in [0, 0.05) is 38.1 Å². The number of piperazine rings is 1. The molecular weight excluding hydrogens is 353 g/mol. The van der Waals surface area contributed by atoms with Gasteiger partial charge in [0.05, 0.1) is 5.69 Å². The largest absolute Gasteiger partial charge is 0.486 e.